The van der Waals surface area contributed by atoms with Crippen LogP contribution < -0.4 is 10.1 Å². The van der Waals surface area contributed by atoms with Crippen LogP contribution in [0.1, 0.15) is 44.8 Å². The Kier molecular flexibility index (Phi) is 3.69. The average Bonchev–Trinajstić information content (AvgIpc) is 2.38. The van der Waals surface area contributed by atoms with E-state index >= 15 is 0 Å². The molecule has 0 aliphatic carbocycles. The smallest absolute Gasteiger partial charge is 0.128 e. The van der Waals surface area contributed by atoms with Gasteiger partial charge in [0.1, 0.15) is 17.2 Å². The highest BCUT2D eigenvalue weighted by atomic mass is 19.1. The summed E-state index contributed by atoms with van der Waals surface area (Å²) in [5.74, 6) is 0.404. The van der Waals surface area contributed by atoms with Gasteiger partial charge in [-0.2, -0.15) is 0 Å². The molecule has 3 rings (SSSR count). The van der Waals surface area contributed by atoms with E-state index in [-0.39, 0.29) is 23.6 Å². The van der Waals surface area contributed by atoms with Crippen LogP contribution in [0.15, 0.2) is 18.2 Å². The molecule has 3 nitrogen and oxygen atoms in total. The van der Waals surface area contributed by atoms with E-state index in [1.807, 2.05) is 13.8 Å². The van der Waals surface area contributed by atoms with Gasteiger partial charge < -0.3 is 14.8 Å². The lowest BCUT2D eigenvalue weighted by atomic mass is 9.82. The van der Waals surface area contributed by atoms with E-state index in [9.17, 15) is 4.39 Å². The Morgan fingerprint density at radius 1 is 1.35 bits per heavy atom. The molecule has 0 saturated carbocycles. The Balaban J connectivity index is 1.94. The summed E-state index contributed by atoms with van der Waals surface area (Å²) in [4.78, 5) is 0. The van der Waals surface area contributed by atoms with Crippen molar-refractivity contribution >= 4 is 0 Å². The van der Waals surface area contributed by atoms with Crippen LogP contribution >= 0.6 is 0 Å². The summed E-state index contributed by atoms with van der Waals surface area (Å²) in [5.41, 5.74) is 0.773. The molecule has 1 spiro atoms. The number of hydrogen-bond acceptors (Lipinski definition) is 3. The predicted octanol–water partition coefficient (Wildman–Crippen LogP) is 3.20. The Morgan fingerprint density at radius 3 is 2.80 bits per heavy atom. The third kappa shape index (κ3) is 2.67. The first-order valence-corrected chi connectivity index (χ1v) is 7.43. The first-order valence-electron chi connectivity index (χ1n) is 7.43. The van der Waals surface area contributed by atoms with Crippen molar-refractivity contribution in [1.82, 2.24) is 5.32 Å². The quantitative estimate of drug-likeness (QED) is 0.902. The third-order valence-electron chi connectivity index (χ3n) is 4.16. The lowest BCUT2D eigenvalue weighted by molar-refractivity contribution is -0.0794. The van der Waals surface area contributed by atoms with Crippen LogP contribution in [0.25, 0.3) is 0 Å². The fraction of sp³-hybridized carbons (Fsp3) is 0.625. The van der Waals surface area contributed by atoms with E-state index in [0.29, 0.717) is 5.75 Å². The maximum Gasteiger partial charge on any atom is 0.128 e. The summed E-state index contributed by atoms with van der Waals surface area (Å²) >= 11 is 0. The van der Waals surface area contributed by atoms with Gasteiger partial charge in [-0.25, -0.2) is 4.39 Å². The molecule has 1 N–H and O–H groups in total. The molecular formula is C16H22FNO2. The monoisotopic (exact) mass is 279 g/mol. The molecule has 0 amide bonds. The van der Waals surface area contributed by atoms with Gasteiger partial charge in [-0.3, -0.25) is 0 Å². The van der Waals surface area contributed by atoms with Crippen molar-refractivity contribution in [2.24, 2.45) is 0 Å². The van der Waals surface area contributed by atoms with Gasteiger partial charge in [0.15, 0.2) is 0 Å². The summed E-state index contributed by atoms with van der Waals surface area (Å²) in [6.07, 6.45) is 2.89. The Morgan fingerprint density at radius 2 is 2.10 bits per heavy atom. The summed E-state index contributed by atoms with van der Waals surface area (Å²) in [6.45, 7) is 5.96. The van der Waals surface area contributed by atoms with Gasteiger partial charge in [-0.15, -0.1) is 0 Å². The Labute approximate surface area is 119 Å². The molecule has 1 fully saturated rings. The third-order valence-corrected chi connectivity index (χ3v) is 4.16. The number of piperidine rings is 1. The van der Waals surface area contributed by atoms with Crippen LogP contribution in [0, 0.1) is 5.82 Å². The van der Waals surface area contributed by atoms with Crippen LogP contribution in [0.5, 0.6) is 5.75 Å². The van der Waals surface area contributed by atoms with Gasteiger partial charge in [0.25, 0.3) is 0 Å². The molecule has 0 radical (unpaired) electrons. The highest BCUT2D eigenvalue weighted by molar-refractivity contribution is 5.39. The Bertz CT molecular complexity index is 483. The summed E-state index contributed by atoms with van der Waals surface area (Å²) in [6, 6.07) is 4.78. The maximum atomic E-state index is 13.5. The maximum absolute atomic E-state index is 13.5. The fourth-order valence-electron chi connectivity index (χ4n) is 3.22. The van der Waals surface area contributed by atoms with Crippen molar-refractivity contribution in [3.63, 3.8) is 0 Å². The minimum atomic E-state index is -0.252. The van der Waals surface area contributed by atoms with Crippen molar-refractivity contribution in [1.29, 1.82) is 0 Å². The molecule has 1 unspecified atom stereocenters. The molecule has 2 aliphatic rings. The van der Waals surface area contributed by atoms with Gasteiger partial charge in [-0.05, 0) is 51.9 Å². The summed E-state index contributed by atoms with van der Waals surface area (Å²) in [7, 11) is 0. The summed E-state index contributed by atoms with van der Waals surface area (Å²) < 4.78 is 25.8. The molecule has 1 aromatic rings. The zero-order valence-corrected chi connectivity index (χ0v) is 12.1. The van der Waals surface area contributed by atoms with E-state index in [2.05, 4.69) is 5.32 Å². The Hall–Kier alpha value is -1.13. The first kappa shape index (κ1) is 13.8. The van der Waals surface area contributed by atoms with Gasteiger partial charge in [0, 0.05) is 18.1 Å². The molecule has 2 aliphatic heterocycles. The van der Waals surface area contributed by atoms with Gasteiger partial charge in [0.2, 0.25) is 0 Å². The normalized spacial score (nSPS) is 24.5. The molecule has 20 heavy (non-hydrogen) atoms. The largest absolute Gasteiger partial charge is 0.487 e. The zero-order valence-electron chi connectivity index (χ0n) is 12.1. The van der Waals surface area contributed by atoms with E-state index in [1.54, 1.807) is 6.07 Å². The van der Waals surface area contributed by atoms with E-state index in [1.165, 1.54) is 12.1 Å². The van der Waals surface area contributed by atoms with Crippen LogP contribution in [0.3, 0.4) is 0 Å². The van der Waals surface area contributed by atoms with Crippen LogP contribution in [-0.2, 0) is 4.74 Å². The van der Waals surface area contributed by atoms with Crippen molar-refractivity contribution < 1.29 is 13.9 Å². The summed E-state index contributed by atoms with van der Waals surface area (Å²) in [5, 5.41) is 3.35. The SMILES string of the molecule is CC(C)OC1CC2(CCNCC2)Oc2cc(F)ccc21. The number of benzene rings is 1. The van der Waals surface area contributed by atoms with Gasteiger partial charge >= 0.3 is 0 Å². The molecule has 2 heterocycles. The molecule has 1 aromatic carbocycles. The second kappa shape index (κ2) is 5.34. The van der Waals surface area contributed by atoms with Crippen molar-refractivity contribution in [2.45, 2.75) is 50.9 Å². The molecule has 1 atom stereocenters. The lowest BCUT2D eigenvalue weighted by Crippen LogP contribution is -2.49. The van der Waals surface area contributed by atoms with Crippen LogP contribution in [-0.4, -0.2) is 24.8 Å². The number of fused-ring (bicyclic) bond motifs is 1. The standard InChI is InChI=1S/C16H22FNO2/c1-11(2)19-15-10-16(5-7-18-8-6-16)20-14-9-12(17)3-4-13(14)15/h3-4,9,11,15,18H,5-8,10H2,1-2H3. The molecule has 1 saturated heterocycles. The molecule has 4 heteroatoms. The molecule has 0 bridgehead atoms. The first-order chi connectivity index (χ1) is 9.58. The number of rotatable bonds is 2. The van der Waals surface area contributed by atoms with Gasteiger partial charge in [0.05, 0.1) is 12.2 Å². The average molecular weight is 279 g/mol. The molecule has 110 valence electrons. The van der Waals surface area contributed by atoms with Gasteiger partial charge in [-0.1, -0.05) is 0 Å². The minimum Gasteiger partial charge on any atom is -0.487 e. The highest BCUT2D eigenvalue weighted by Crippen LogP contribution is 2.45. The van der Waals surface area contributed by atoms with E-state index < -0.39 is 0 Å². The number of hydrogen-bond donors (Lipinski definition) is 1. The second-order valence-electron chi connectivity index (χ2n) is 6.09. The molecular weight excluding hydrogens is 257 g/mol. The van der Waals surface area contributed by atoms with Crippen LogP contribution in [0.4, 0.5) is 4.39 Å². The number of ether oxygens (including phenoxy) is 2. The second-order valence-corrected chi connectivity index (χ2v) is 6.09. The highest BCUT2D eigenvalue weighted by Gasteiger charge is 2.42. The number of nitrogens with one attached hydrogen (secondary N) is 1. The number of halogens is 1. The van der Waals surface area contributed by atoms with E-state index in [4.69, 9.17) is 9.47 Å². The molecule has 0 aromatic heterocycles. The fourth-order valence-corrected chi connectivity index (χ4v) is 3.22. The van der Waals surface area contributed by atoms with Crippen molar-refractivity contribution in [3.05, 3.63) is 29.6 Å². The lowest BCUT2D eigenvalue weighted by Gasteiger charge is -2.44. The van der Waals surface area contributed by atoms with Crippen molar-refractivity contribution in [2.75, 3.05) is 13.1 Å². The van der Waals surface area contributed by atoms with E-state index in [0.717, 1.165) is 37.9 Å². The predicted molar refractivity (Wildman–Crippen MR) is 75.4 cm³/mol. The topological polar surface area (TPSA) is 30.5 Å². The van der Waals surface area contributed by atoms with Crippen LogP contribution in [0.2, 0.25) is 0 Å². The van der Waals surface area contributed by atoms with Crippen molar-refractivity contribution in [3.8, 4) is 5.75 Å². The zero-order chi connectivity index (χ0) is 14.2. The minimum absolute atomic E-state index is 0.00236.